The van der Waals surface area contributed by atoms with Crippen LogP contribution in [0, 0.1) is 5.92 Å². The molecule has 3 heterocycles. The number of ether oxygens (including phenoxy) is 1. The van der Waals surface area contributed by atoms with Crippen LogP contribution in [-0.4, -0.2) is 30.6 Å². The predicted molar refractivity (Wildman–Crippen MR) is 113 cm³/mol. The highest BCUT2D eigenvalue weighted by atomic mass is 16.5. The molecule has 0 aliphatic heterocycles. The monoisotopic (exact) mass is 400 g/mol. The molecule has 1 aromatic carbocycles. The minimum Gasteiger partial charge on any atom is -0.437 e. The van der Waals surface area contributed by atoms with Gasteiger partial charge < -0.3 is 15.0 Å². The lowest BCUT2D eigenvalue weighted by Crippen LogP contribution is -2.07. The number of aromatic nitrogens is 5. The minimum absolute atomic E-state index is 0.285. The van der Waals surface area contributed by atoms with Crippen LogP contribution in [0.5, 0.6) is 11.6 Å². The quantitative estimate of drug-likeness (QED) is 0.454. The van der Waals surface area contributed by atoms with Gasteiger partial charge in [0.15, 0.2) is 5.65 Å². The van der Waals surface area contributed by atoms with Gasteiger partial charge in [-0.15, -0.1) is 0 Å². The molecule has 3 aromatic heterocycles. The summed E-state index contributed by atoms with van der Waals surface area (Å²) in [6.07, 6.45) is 11.1. The molecule has 2 N–H and O–H groups in total. The highest BCUT2D eigenvalue weighted by molar-refractivity contribution is 5.99. The number of nitrogens with zero attached hydrogens (tertiary/aromatic N) is 4. The molecule has 8 heteroatoms. The normalized spacial score (nSPS) is 13.3. The smallest absolute Gasteiger partial charge is 0.247 e. The second-order valence-corrected chi connectivity index (χ2v) is 7.33. The third-order valence-electron chi connectivity index (χ3n) is 4.95. The number of carbonyl (C=O) groups excluding carboxylic acids is 1. The molecule has 5 rings (SSSR count). The summed E-state index contributed by atoms with van der Waals surface area (Å²) in [5.74, 6) is 1.38. The fourth-order valence-electron chi connectivity index (χ4n) is 3.26. The Balaban J connectivity index is 1.40. The lowest BCUT2D eigenvalue weighted by Gasteiger charge is -2.07. The van der Waals surface area contributed by atoms with Crippen molar-refractivity contribution in [3.8, 4) is 22.8 Å². The maximum absolute atomic E-state index is 11.5. The van der Waals surface area contributed by atoms with Crippen molar-refractivity contribution in [1.82, 2.24) is 24.7 Å². The van der Waals surface area contributed by atoms with Crippen molar-refractivity contribution in [3.05, 3.63) is 61.7 Å². The number of H-pyrrole nitrogens is 1. The average molecular weight is 400 g/mol. The van der Waals surface area contributed by atoms with E-state index in [0.29, 0.717) is 23.0 Å². The van der Waals surface area contributed by atoms with Crippen LogP contribution in [0.2, 0.25) is 0 Å². The van der Waals surface area contributed by atoms with E-state index in [0.717, 1.165) is 29.1 Å². The van der Waals surface area contributed by atoms with Gasteiger partial charge in [-0.1, -0.05) is 12.6 Å². The van der Waals surface area contributed by atoms with Crippen molar-refractivity contribution >= 4 is 22.8 Å². The van der Waals surface area contributed by atoms with Gasteiger partial charge >= 0.3 is 0 Å². The fourth-order valence-corrected chi connectivity index (χ4v) is 3.26. The number of amides is 1. The molecule has 30 heavy (non-hydrogen) atoms. The van der Waals surface area contributed by atoms with Gasteiger partial charge in [0.25, 0.3) is 0 Å². The van der Waals surface area contributed by atoms with Crippen LogP contribution in [0.25, 0.3) is 22.3 Å². The molecule has 1 saturated carbocycles. The molecule has 0 radical (unpaired) electrons. The molecule has 1 amide bonds. The van der Waals surface area contributed by atoms with Crippen LogP contribution in [0.3, 0.4) is 0 Å². The van der Waals surface area contributed by atoms with Gasteiger partial charge in [0.1, 0.15) is 11.3 Å². The Bertz CT molecular complexity index is 1240. The first-order chi connectivity index (χ1) is 14.7. The molecular weight excluding hydrogens is 380 g/mol. The van der Waals surface area contributed by atoms with E-state index in [4.69, 9.17) is 4.74 Å². The molecular formula is C22H20N6O2. The van der Waals surface area contributed by atoms with Crippen LogP contribution in [0.15, 0.2) is 61.7 Å². The predicted octanol–water partition coefficient (Wildman–Crippen LogP) is 4.15. The molecule has 0 saturated heterocycles. The first-order valence-electron chi connectivity index (χ1n) is 9.76. The maximum atomic E-state index is 11.5. The third kappa shape index (κ3) is 3.80. The summed E-state index contributed by atoms with van der Waals surface area (Å²) in [4.78, 5) is 23.7. The number of hydrogen-bond acceptors (Lipinski definition) is 5. The second kappa shape index (κ2) is 7.47. The summed E-state index contributed by atoms with van der Waals surface area (Å²) in [6.45, 7) is 4.41. The molecule has 1 aliphatic carbocycles. The zero-order chi connectivity index (χ0) is 20.5. The van der Waals surface area contributed by atoms with E-state index < -0.39 is 0 Å². The summed E-state index contributed by atoms with van der Waals surface area (Å²) in [6, 6.07) is 7.06. The third-order valence-corrected chi connectivity index (χ3v) is 4.95. The van der Waals surface area contributed by atoms with Crippen LogP contribution in [0.4, 0.5) is 5.69 Å². The lowest BCUT2D eigenvalue weighted by molar-refractivity contribution is -0.111. The van der Waals surface area contributed by atoms with Gasteiger partial charge in [-0.2, -0.15) is 5.10 Å². The topological polar surface area (TPSA) is 97.7 Å². The van der Waals surface area contributed by atoms with Crippen molar-refractivity contribution in [1.29, 1.82) is 0 Å². The highest BCUT2D eigenvalue weighted by Crippen LogP contribution is 2.32. The van der Waals surface area contributed by atoms with Gasteiger partial charge in [-0.05, 0) is 37.0 Å². The lowest BCUT2D eigenvalue weighted by atomic mass is 10.2. The molecule has 150 valence electrons. The summed E-state index contributed by atoms with van der Waals surface area (Å²) < 4.78 is 7.87. The molecule has 1 aliphatic rings. The molecule has 0 spiro atoms. The molecule has 0 bridgehead atoms. The molecule has 8 nitrogen and oxygen atoms in total. The second-order valence-electron chi connectivity index (χ2n) is 7.33. The van der Waals surface area contributed by atoms with E-state index in [1.807, 2.05) is 23.3 Å². The van der Waals surface area contributed by atoms with Crippen molar-refractivity contribution in [3.63, 3.8) is 0 Å². The van der Waals surface area contributed by atoms with E-state index in [1.165, 1.54) is 18.9 Å². The van der Waals surface area contributed by atoms with Crippen molar-refractivity contribution in [2.24, 2.45) is 5.92 Å². The Morgan fingerprint density at radius 1 is 1.37 bits per heavy atom. The number of carbonyl (C=O) groups is 1. The van der Waals surface area contributed by atoms with E-state index in [9.17, 15) is 4.79 Å². The Hall–Kier alpha value is -3.94. The number of hydrogen-bond donors (Lipinski definition) is 2. The molecule has 1 fully saturated rings. The summed E-state index contributed by atoms with van der Waals surface area (Å²) >= 11 is 0. The number of benzene rings is 1. The number of aromatic amines is 1. The van der Waals surface area contributed by atoms with Gasteiger partial charge in [0.2, 0.25) is 11.8 Å². The summed E-state index contributed by atoms with van der Waals surface area (Å²) in [5.41, 5.74) is 3.92. The van der Waals surface area contributed by atoms with Crippen molar-refractivity contribution < 1.29 is 9.53 Å². The first-order valence-corrected chi connectivity index (χ1v) is 9.76. The van der Waals surface area contributed by atoms with Crippen molar-refractivity contribution in [2.75, 3.05) is 5.32 Å². The van der Waals surface area contributed by atoms with Gasteiger partial charge in [0.05, 0.1) is 12.4 Å². The molecule has 4 aromatic rings. The van der Waals surface area contributed by atoms with Crippen LogP contribution in [-0.2, 0) is 11.3 Å². The molecule has 0 unspecified atom stereocenters. The number of fused-ring (bicyclic) bond motifs is 1. The van der Waals surface area contributed by atoms with E-state index in [-0.39, 0.29) is 5.91 Å². The van der Waals surface area contributed by atoms with E-state index in [1.54, 1.807) is 30.5 Å². The minimum atomic E-state index is -0.285. The van der Waals surface area contributed by atoms with Crippen LogP contribution >= 0.6 is 0 Å². The van der Waals surface area contributed by atoms with Gasteiger partial charge in [-0.25, -0.2) is 9.97 Å². The van der Waals surface area contributed by atoms with E-state index >= 15 is 0 Å². The highest BCUT2D eigenvalue weighted by Gasteiger charge is 2.22. The number of nitrogens with one attached hydrogen (secondary N) is 2. The number of rotatable bonds is 7. The van der Waals surface area contributed by atoms with Gasteiger partial charge in [0, 0.05) is 41.8 Å². The summed E-state index contributed by atoms with van der Waals surface area (Å²) in [7, 11) is 0. The van der Waals surface area contributed by atoms with Gasteiger partial charge in [-0.3, -0.25) is 9.48 Å². The fraction of sp³-hybridized carbons (Fsp3) is 0.182. The Morgan fingerprint density at radius 2 is 2.27 bits per heavy atom. The summed E-state index contributed by atoms with van der Waals surface area (Å²) in [5, 5.41) is 7.18. The largest absolute Gasteiger partial charge is 0.437 e. The first kappa shape index (κ1) is 18.1. The maximum Gasteiger partial charge on any atom is 0.247 e. The average Bonchev–Trinajstić information content (AvgIpc) is 3.28. The standard InChI is InChI=1S/C22H20N6O2/c1-2-19(29)26-16-4-3-5-17(8-16)30-20-11-24-22-21(27-20)18(10-23-22)15-9-25-28(13-15)12-14-6-7-14/h2-5,8-11,13-14H,1,6-7,12H2,(H,23,24)(H,26,29). The Morgan fingerprint density at radius 3 is 3.10 bits per heavy atom. The Labute approximate surface area is 172 Å². The SMILES string of the molecule is C=CC(=O)Nc1cccc(Oc2cnc3[nH]cc(-c4cnn(CC5CC5)c4)c3n2)c1. The zero-order valence-corrected chi connectivity index (χ0v) is 16.2. The van der Waals surface area contributed by atoms with Crippen LogP contribution in [0.1, 0.15) is 12.8 Å². The van der Waals surface area contributed by atoms with E-state index in [2.05, 4.69) is 31.9 Å². The zero-order valence-electron chi connectivity index (χ0n) is 16.2. The number of anilines is 1. The molecule has 0 atom stereocenters. The van der Waals surface area contributed by atoms with Crippen molar-refractivity contribution in [2.45, 2.75) is 19.4 Å². The van der Waals surface area contributed by atoms with Crippen LogP contribution < -0.4 is 10.1 Å². The Kier molecular flexibility index (Phi) is 4.51.